The van der Waals surface area contributed by atoms with Crippen LogP contribution in [-0.2, 0) is 13.8 Å². The van der Waals surface area contributed by atoms with Crippen LogP contribution in [0.3, 0.4) is 0 Å². The molecule has 31 heavy (non-hydrogen) atoms. The molecule has 1 aliphatic heterocycles. The van der Waals surface area contributed by atoms with E-state index in [9.17, 15) is 13.8 Å². The third kappa shape index (κ3) is 5.75. The zero-order chi connectivity index (χ0) is 22.8. The summed E-state index contributed by atoms with van der Waals surface area (Å²) in [6.07, 6.45) is -0.265. The molecule has 1 fully saturated rings. The zero-order valence-corrected chi connectivity index (χ0v) is 17.1. The molecule has 6 N–H and O–H groups in total. The lowest BCUT2D eigenvalue weighted by molar-refractivity contribution is 0.0880. The topological polar surface area (TPSA) is 177 Å². The van der Waals surface area contributed by atoms with Crippen molar-refractivity contribution in [2.75, 3.05) is 25.1 Å². The molecular weight excluding hydrogens is 434 g/mol. The third-order valence-corrected chi connectivity index (χ3v) is 4.70. The average molecular weight is 454 g/mol. The summed E-state index contributed by atoms with van der Waals surface area (Å²) in [7, 11) is -3.17. The second-order valence-corrected chi connectivity index (χ2v) is 7.79. The van der Waals surface area contributed by atoms with Crippen molar-refractivity contribution in [1.29, 1.82) is 0 Å². The molecule has 1 amide bonds. The van der Waals surface area contributed by atoms with E-state index in [1.807, 2.05) is 0 Å². The Kier molecular flexibility index (Phi) is 6.53. The minimum atomic E-state index is -4.69. The number of anilines is 1. The van der Waals surface area contributed by atoms with Crippen LogP contribution in [0.25, 0.3) is 11.1 Å². The molecule has 1 unspecified atom stereocenters. The highest BCUT2D eigenvalue weighted by Crippen LogP contribution is 2.37. The maximum Gasteiger partial charge on any atom is 0.469 e. The fraction of sp³-hybridized carbons (Fsp3) is 0.235. The van der Waals surface area contributed by atoms with Crippen LogP contribution in [-0.4, -0.2) is 58.1 Å². The monoisotopic (exact) mass is 454 g/mol. The molecular formula is C17H20FN6O6P. The van der Waals surface area contributed by atoms with Gasteiger partial charge in [-0.2, -0.15) is 4.99 Å². The smallest absolute Gasteiger partial charge is 0.441 e. The summed E-state index contributed by atoms with van der Waals surface area (Å²) < 4.78 is 34.9. The Morgan fingerprint density at radius 2 is 2.19 bits per heavy atom. The van der Waals surface area contributed by atoms with E-state index in [-0.39, 0.29) is 23.8 Å². The Bertz CT molecular complexity index is 1040. The number of guanidine groups is 1. The van der Waals surface area contributed by atoms with E-state index in [1.54, 1.807) is 12.1 Å². The molecule has 1 aliphatic rings. The third-order valence-electron chi connectivity index (χ3n) is 4.22. The number of aliphatic imine (C=N–C) groups is 1. The number of hydrazine groups is 1. The van der Waals surface area contributed by atoms with Gasteiger partial charge in [-0.1, -0.05) is 0 Å². The number of hydrogen-bond donors (Lipinski definition) is 4. The molecule has 1 atom stereocenters. The van der Waals surface area contributed by atoms with Crippen LogP contribution in [0.15, 0.2) is 41.5 Å². The van der Waals surface area contributed by atoms with Gasteiger partial charge in [0, 0.05) is 24.4 Å². The SMILES string of the molecule is CN(N)C(N)=Nc1ccc(-c2ccc(N3CC(COP(=O)(O)O)OC3=O)cc2F)cn1. The van der Waals surface area contributed by atoms with Crippen LogP contribution in [0, 0.1) is 5.82 Å². The molecule has 0 radical (unpaired) electrons. The average Bonchev–Trinajstić information content (AvgIpc) is 3.07. The van der Waals surface area contributed by atoms with E-state index in [4.69, 9.17) is 26.1 Å². The summed E-state index contributed by atoms with van der Waals surface area (Å²) in [4.78, 5) is 38.8. The first-order valence-corrected chi connectivity index (χ1v) is 10.3. The number of ether oxygens (including phenoxy) is 1. The van der Waals surface area contributed by atoms with Crippen molar-refractivity contribution in [3.05, 3.63) is 42.3 Å². The van der Waals surface area contributed by atoms with Gasteiger partial charge in [0.25, 0.3) is 0 Å². The van der Waals surface area contributed by atoms with Crippen molar-refractivity contribution in [2.24, 2.45) is 16.6 Å². The first kappa shape index (κ1) is 22.6. The summed E-state index contributed by atoms with van der Waals surface area (Å²) in [6, 6.07) is 7.28. The summed E-state index contributed by atoms with van der Waals surface area (Å²) >= 11 is 0. The van der Waals surface area contributed by atoms with Gasteiger partial charge in [0.2, 0.25) is 5.96 Å². The zero-order valence-electron chi connectivity index (χ0n) is 16.3. The quantitative estimate of drug-likeness (QED) is 0.162. The summed E-state index contributed by atoms with van der Waals surface area (Å²) in [6.45, 7) is -0.541. The summed E-state index contributed by atoms with van der Waals surface area (Å²) in [5.74, 6) is 5.20. The van der Waals surface area contributed by atoms with Crippen LogP contribution in [0.5, 0.6) is 0 Å². The normalized spacial score (nSPS) is 17.1. The lowest BCUT2D eigenvalue weighted by atomic mass is 10.1. The predicted octanol–water partition coefficient (Wildman–Crippen LogP) is 1.07. The number of benzene rings is 1. The van der Waals surface area contributed by atoms with E-state index < -0.39 is 32.4 Å². The summed E-state index contributed by atoms with van der Waals surface area (Å²) in [5.41, 5.74) is 6.55. The number of nitrogens with two attached hydrogens (primary N) is 2. The standard InChI is InChI=1S/C17H20FN6O6P/c1-23(20)16(19)22-15-5-2-10(7-21-15)13-4-3-11(6-14(13)18)24-8-12(30-17(24)25)9-29-31(26,27)28/h2-7,12H,8-9,20H2,1H3,(H2,19,21,22)(H2,26,27,28). The fourth-order valence-electron chi connectivity index (χ4n) is 2.71. The van der Waals surface area contributed by atoms with Gasteiger partial charge in [0.05, 0.1) is 18.8 Å². The first-order chi connectivity index (χ1) is 14.5. The van der Waals surface area contributed by atoms with Crippen molar-refractivity contribution in [2.45, 2.75) is 6.10 Å². The van der Waals surface area contributed by atoms with Gasteiger partial charge in [0.15, 0.2) is 5.82 Å². The van der Waals surface area contributed by atoms with Crippen molar-refractivity contribution in [3.63, 3.8) is 0 Å². The van der Waals surface area contributed by atoms with Gasteiger partial charge in [-0.05, 0) is 30.3 Å². The number of halogens is 1. The van der Waals surface area contributed by atoms with Crippen LogP contribution in [0.4, 0.5) is 20.7 Å². The molecule has 2 heterocycles. The number of pyridine rings is 1. The second-order valence-electron chi connectivity index (χ2n) is 6.55. The van der Waals surface area contributed by atoms with Crippen molar-refractivity contribution < 1.29 is 32.8 Å². The molecule has 2 aromatic rings. The fourth-order valence-corrected chi connectivity index (χ4v) is 3.07. The Morgan fingerprint density at radius 1 is 1.45 bits per heavy atom. The minimum Gasteiger partial charge on any atom is -0.441 e. The number of carbonyl (C=O) groups excluding carboxylic acids is 1. The van der Waals surface area contributed by atoms with Crippen LogP contribution >= 0.6 is 7.82 Å². The molecule has 0 aliphatic carbocycles. The molecule has 1 aromatic carbocycles. The lowest BCUT2D eigenvalue weighted by Crippen LogP contribution is -2.39. The molecule has 0 saturated carbocycles. The maximum atomic E-state index is 14.7. The number of phosphoric ester groups is 1. The maximum absolute atomic E-state index is 14.7. The van der Waals surface area contributed by atoms with E-state index in [0.717, 1.165) is 16.0 Å². The predicted molar refractivity (Wildman–Crippen MR) is 108 cm³/mol. The van der Waals surface area contributed by atoms with E-state index in [0.29, 0.717) is 11.4 Å². The van der Waals surface area contributed by atoms with Crippen molar-refractivity contribution >= 4 is 31.4 Å². The Hall–Kier alpha value is -3.09. The highest BCUT2D eigenvalue weighted by atomic mass is 31.2. The highest BCUT2D eigenvalue weighted by molar-refractivity contribution is 7.46. The van der Waals surface area contributed by atoms with Gasteiger partial charge in [-0.3, -0.25) is 14.4 Å². The Morgan fingerprint density at radius 3 is 2.77 bits per heavy atom. The van der Waals surface area contributed by atoms with Gasteiger partial charge < -0.3 is 20.3 Å². The molecule has 14 heteroatoms. The molecule has 3 rings (SSSR count). The number of carbonyl (C=O) groups is 1. The molecule has 12 nitrogen and oxygen atoms in total. The number of hydrogen-bond acceptors (Lipinski definition) is 7. The molecule has 0 bridgehead atoms. The summed E-state index contributed by atoms with van der Waals surface area (Å²) in [5, 5.41) is 1.13. The second kappa shape index (κ2) is 8.96. The van der Waals surface area contributed by atoms with E-state index >= 15 is 0 Å². The van der Waals surface area contributed by atoms with E-state index in [2.05, 4.69) is 14.5 Å². The van der Waals surface area contributed by atoms with Crippen LogP contribution in [0.2, 0.25) is 0 Å². The number of rotatable bonds is 6. The first-order valence-electron chi connectivity index (χ1n) is 8.80. The minimum absolute atomic E-state index is 0.0527. The Labute approximate surface area is 176 Å². The highest BCUT2D eigenvalue weighted by Gasteiger charge is 2.34. The van der Waals surface area contributed by atoms with Crippen molar-refractivity contribution in [1.82, 2.24) is 9.99 Å². The number of phosphoric acid groups is 1. The number of cyclic esters (lactones) is 1. The lowest BCUT2D eigenvalue weighted by Gasteiger charge is -2.14. The largest absolute Gasteiger partial charge is 0.469 e. The van der Waals surface area contributed by atoms with Gasteiger partial charge in [-0.25, -0.2) is 24.6 Å². The van der Waals surface area contributed by atoms with Gasteiger partial charge in [-0.15, -0.1) is 0 Å². The molecule has 166 valence electrons. The van der Waals surface area contributed by atoms with Crippen LogP contribution in [0.1, 0.15) is 0 Å². The Balaban J connectivity index is 1.74. The number of aromatic nitrogens is 1. The molecule has 0 spiro atoms. The van der Waals surface area contributed by atoms with E-state index in [1.165, 1.54) is 25.4 Å². The van der Waals surface area contributed by atoms with Gasteiger partial charge in [0.1, 0.15) is 11.9 Å². The van der Waals surface area contributed by atoms with Crippen LogP contribution < -0.4 is 16.5 Å². The number of amides is 1. The van der Waals surface area contributed by atoms with Gasteiger partial charge >= 0.3 is 13.9 Å². The molecule has 1 saturated heterocycles. The molecule has 1 aromatic heterocycles. The number of nitrogens with zero attached hydrogens (tertiary/aromatic N) is 4. The van der Waals surface area contributed by atoms with Crippen molar-refractivity contribution in [3.8, 4) is 11.1 Å².